The van der Waals surface area contributed by atoms with Gasteiger partial charge in [0.15, 0.2) is 0 Å². The summed E-state index contributed by atoms with van der Waals surface area (Å²) < 4.78 is 4.85. The van der Waals surface area contributed by atoms with E-state index in [1.807, 2.05) is 20.8 Å². The Morgan fingerprint density at radius 3 is 2.36 bits per heavy atom. The normalized spacial score (nSPS) is 11.2. The quantitative estimate of drug-likeness (QED) is 0.697. The molecular formula is C9H20N2O3. The van der Waals surface area contributed by atoms with Crippen LogP contribution in [0.4, 0.5) is 4.79 Å². The van der Waals surface area contributed by atoms with Crippen molar-refractivity contribution in [2.24, 2.45) is 5.73 Å². The van der Waals surface area contributed by atoms with Crippen molar-refractivity contribution < 1.29 is 14.4 Å². The molecule has 0 fully saturated rings. The maximum Gasteiger partial charge on any atom is 0.434 e. The molecule has 84 valence electrons. The van der Waals surface area contributed by atoms with Crippen LogP contribution in [0.3, 0.4) is 0 Å². The molecule has 0 aliphatic carbocycles. The van der Waals surface area contributed by atoms with Crippen LogP contribution >= 0.6 is 0 Å². The first kappa shape index (κ1) is 13.2. The van der Waals surface area contributed by atoms with Crippen molar-refractivity contribution in [3.8, 4) is 0 Å². The predicted molar refractivity (Wildman–Crippen MR) is 53.6 cm³/mol. The molecule has 0 aromatic heterocycles. The van der Waals surface area contributed by atoms with Crippen molar-refractivity contribution in [1.29, 1.82) is 0 Å². The highest BCUT2D eigenvalue weighted by Gasteiger charge is 2.28. The summed E-state index contributed by atoms with van der Waals surface area (Å²) in [5.74, 6) is 0. The first-order chi connectivity index (χ1) is 6.43. The lowest BCUT2D eigenvalue weighted by atomic mass is 10.1. The Morgan fingerprint density at radius 2 is 2.00 bits per heavy atom. The van der Waals surface area contributed by atoms with Crippen LogP contribution in [-0.2, 0) is 9.57 Å². The summed E-state index contributed by atoms with van der Waals surface area (Å²) in [4.78, 5) is 16.6. The number of hydroxylamine groups is 2. The number of carbonyl (C=O) groups excluding carboxylic acids is 1. The average Bonchev–Trinajstić information content (AvgIpc) is 2.03. The minimum atomic E-state index is -0.478. The number of hydrogen-bond donors (Lipinski definition) is 1. The largest absolute Gasteiger partial charge is 0.448 e. The van der Waals surface area contributed by atoms with Crippen LogP contribution in [0.1, 0.15) is 27.7 Å². The molecule has 0 aliphatic heterocycles. The van der Waals surface area contributed by atoms with Gasteiger partial charge >= 0.3 is 6.09 Å². The number of nitrogens with two attached hydrogens (primary N) is 1. The average molecular weight is 204 g/mol. The van der Waals surface area contributed by atoms with Crippen molar-refractivity contribution in [2.45, 2.75) is 33.2 Å². The summed E-state index contributed by atoms with van der Waals surface area (Å²) in [6.07, 6.45) is -0.478. The molecule has 0 saturated heterocycles. The molecule has 0 heterocycles. The second-order valence-electron chi connectivity index (χ2n) is 3.79. The van der Waals surface area contributed by atoms with E-state index in [2.05, 4.69) is 0 Å². The van der Waals surface area contributed by atoms with Gasteiger partial charge in [-0.15, -0.1) is 0 Å². The Labute approximate surface area is 85.1 Å². The van der Waals surface area contributed by atoms with E-state index < -0.39 is 11.6 Å². The lowest BCUT2D eigenvalue weighted by molar-refractivity contribution is -0.180. The predicted octanol–water partition coefficient (Wildman–Crippen LogP) is 1.13. The van der Waals surface area contributed by atoms with Crippen LogP contribution in [-0.4, -0.2) is 36.5 Å². The van der Waals surface area contributed by atoms with Gasteiger partial charge in [-0.2, -0.15) is 5.06 Å². The number of ether oxygens (including phenoxy) is 1. The van der Waals surface area contributed by atoms with Crippen LogP contribution in [0.5, 0.6) is 0 Å². The van der Waals surface area contributed by atoms with E-state index >= 15 is 0 Å². The zero-order chi connectivity index (χ0) is 11.2. The number of amides is 1. The van der Waals surface area contributed by atoms with Crippen LogP contribution < -0.4 is 5.73 Å². The fraction of sp³-hybridized carbons (Fsp3) is 0.889. The fourth-order valence-electron chi connectivity index (χ4n) is 0.846. The Hall–Kier alpha value is -0.810. The van der Waals surface area contributed by atoms with E-state index in [1.165, 1.54) is 5.06 Å². The molecule has 0 saturated carbocycles. The number of carbonyl (C=O) groups is 1. The highest BCUT2D eigenvalue weighted by molar-refractivity contribution is 5.67. The van der Waals surface area contributed by atoms with Crippen molar-refractivity contribution in [2.75, 3.05) is 19.8 Å². The number of nitrogens with zero attached hydrogens (tertiary/aromatic N) is 1. The topological polar surface area (TPSA) is 64.8 Å². The maximum absolute atomic E-state index is 11.4. The van der Waals surface area contributed by atoms with Gasteiger partial charge in [0, 0.05) is 6.54 Å². The molecule has 0 spiro atoms. The van der Waals surface area contributed by atoms with E-state index in [0.717, 1.165) is 0 Å². The van der Waals surface area contributed by atoms with Gasteiger partial charge in [0.05, 0.1) is 18.8 Å². The Morgan fingerprint density at radius 1 is 1.43 bits per heavy atom. The van der Waals surface area contributed by atoms with E-state index in [4.69, 9.17) is 15.3 Å². The van der Waals surface area contributed by atoms with E-state index in [1.54, 1.807) is 6.92 Å². The fourth-order valence-corrected chi connectivity index (χ4v) is 0.846. The van der Waals surface area contributed by atoms with Crippen molar-refractivity contribution in [1.82, 2.24) is 5.06 Å². The Kier molecular flexibility index (Phi) is 5.49. The summed E-state index contributed by atoms with van der Waals surface area (Å²) in [5, 5.41) is 1.21. The van der Waals surface area contributed by atoms with E-state index in [0.29, 0.717) is 19.8 Å². The molecule has 2 N–H and O–H groups in total. The van der Waals surface area contributed by atoms with E-state index in [9.17, 15) is 4.79 Å². The van der Waals surface area contributed by atoms with Crippen molar-refractivity contribution in [3.63, 3.8) is 0 Å². The molecule has 5 nitrogen and oxygen atoms in total. The summed E-state index contributed by atoms with van der Waals surface area (Å²) >= 11 is 0. The Balaban J connectivity index is 4.31. The SMILES string of the molecule is CCOC(=O)N(OCCN)C(C)(C)C. The zero-order valence-corrected chi connectivity index (χ0v) is 9.37. The minimum Gasteiger partial charge on any atom is -0.448 e. The Bertz CT molecular complexity index is 177. The van der Waals surface area contributed by atoms with Gasteiger partial charge in [-0.1, -0.05) is 0 Å². The molecule has 0 atom stereocenters. The van der Waals surface area contributed by atoms with Gasteiger partial charge in [-0.3, -0.25) is 4.84 Å². The lowest BCUT2D eigenvalue weighted by Gasteiger charge is -2.32. The van der Waals surface area contributed by atoms with Crippen LogP contribution in [0.15, 0.2) is 0 Å². The number of hydrogen-bond acceptors (Lipinski definition) is 4. The van der Waals surface area contributed by atoms with Crippen molar-refractivity contribution in [3.05, 3.63) is 0 Å². The maximum atomic E-state index is 11.4. The number of rotatable bonds is 4. The van der Waals surface area contributed by atoms with Gasteiger partial charge in [-0.05, 0) is 27.7 Å². The minimum absolute atomic E-state index is 0.302. The van der Waals surface area contributed by atoms with Gasteiger partial charge in [0.1, 0.15) is 0 Å². The highest BCUT2D eigenvalue weighted by Crippen LogP contribution is 2.14. The molecule has 0 rings (SSSR count). The van der Waals surface area contributed by atoms with Gasteiger partial charge in [0.25, 0.3) is 0 Å². The van der Waals surface area contributed by atoms with Crippen molar-refractivity contribution >= 4 is 6.09 Å². The standard InChI is InChI=1S/C9H20N2O3/c1-5-13-8(12)11(9(2,3)4)14-7-6-10/h5-7,10H2,1-4H3. The van der Waals surface area contributed by atoms with Crippen LogP contribution in [0.25, 0.3) is 0 Å². The van der Waals surface area contributed by atoms with Crippen LogP contribution in [0, 0.1) is 0 Å². The first-order valence-electron chi connectivity index (χ1n) is 4.73. The summed E-state index contributed by atoms with van der Waals surface area (Å²) in [6.45, 7) is 8.34. The molecule has 0 radical (unpaired) electrons. The molecule has 0 bridgehead atoms. The first-order valence-corrected chi connectivity index (χ1v) is 4.73. The third kappa shape index (κ3) is 4.43. The van der Waals surface area contributed by atoms with Crippen LogP contribution in [0.2, 0.25) is 0 Å². The summed E-state index contributed by atoms with van der Waals surface area (Å²) in [7, 11) is 0. The molecular weight excluding hydrogens is 184 g/mol. The molecule has 0 unspecified atom stereocenters. The second kappa shape index (κ2) is 5.82. The zero-order valence-electron chi connectivity index (χ0n) is 9.37. The monoisotopic (exact) mass is 204 g/mol. The third-order valence-electron chi connectivity index (χ3n) is 1.38. The lowest BCUT2D eigenvalue weighted by Crippen LogP contribution is -2.46. The smallest absolute Gasteiger partial charge is 0.434 e. The molecule has 14 heavy (non-hydrogen) atoms. The molecule has 5 heteroatoms. The third-order valence-corrected chi connectivity index (χ3v) is 1.38. The highest BCUT2D eigenvalue weighted by atomic mass is 16.7. The van der Waals surface area contributed by atoms with Gasteiger partial charge in [0.2, 0.25) is 0 Å². The summed E-state index contributed by atoms with van der Waals surface area (Å²) in [5.41, 5.74) is 4.86. The molecule has 0 aromatic rings. The molecule has 0 aliphatic rings. The van der Waals surface area contributed by atoms with E-state index in [-0.39, 0.29) is 0 Å². The molecule has 1 amide bonds. The molecule has 0 aromatic carbocycles. The second-order valence-corrected chi connectivity index (χ2v) is 3.79. The van der Waals surface area contributed by atoms with Gasteiger partial charge < -0.3 is 10.5 Å². The summed E-state index contributed by atoms with van der Waals surface area (Å²) in [6, 6.07) is 0. The van der Waals surface area contributed by atoms with Gasteiger partial charge in [-0.25, -0.2) is 4.79 Å².